The van der Waals surface area contributed by atoms with Gasteiger partial charge in [0.25, 0.3) is 5.91 Å². The van der Waals surface area contributed by atoms with E-state index in [0.717, 1.165) is 12.8 Å². The molecule has 1 aliphatic rings. The fraction of sp³-hybridized carbons (Fsp3) is 0.533. The van der Waals surface area contributed by atoms with Gasteiger partial charge in [-0.2, -0.15) is 0 Å². The van der Waals surface area contributed by atoms with E-state index in [4.69, 9.17) is 0 Å². The number of pyridine rings is 1. The topological polar surface area (TPSA) is 62.3 Å². The monoisotopic (exact) mass is 275 g/mol. The van der Waals surface area contributed by atoms with Crippen molar-refractivity contribution in [3.05, 3.63) is 23.9 Å². The van der Waals surface area contributed by atoms with Gasteiger partial charge in [0.05, 0.1) is 0 Å². The minimum absolute atomic E-state index is 0.00842. The van der Waals surface area contributed by atoms with Gasteiger partial charge in [0.15, 0.2) is 0 Å². The first-order valence-electron chi connectivity index (χ1n) is 7.08. The third-order valence-corrected chi connectivity index (χ3v) is 3.75. The molecule has 1 fully saturated rings. The molecule has 5 heteroatoms. The Bertz CT molecular complexity index is 496. The molecule has 1 N–H and O–H groups in total. The number of aromatic nitrogens is 1. The minimum atomic E-state index is -0.192. The molecule has 108 valence electrons. The lowest BCUT2D eigenvalue weighted by Crippen LogP contribution is -2.38. The Hall–Kier alpha value is -1.91. The molecule has 0 spiro atoms. The fourth-order valence-electron chi connectivity index (χ4n) is 2.65. The molecule has 0 aromatic carbocycles. The summed E-state index contributed by atoms with van der Waals surface area (Å²) >= 11 is 0. The summed E-state index contributed by atoms with van der Waals surface area (Å²) in [5, 5.41) is 2.60. The van der Waals surface area contributed by atoms with Gasteiger partial charge in [-0.3, -0.25) is 9.59 Å². The molecule has 0 aliphatic heterocycles. The van der Waals surface area contributed by atoms with Crippen molar-refractivity contribution >= 4 is 17.6 Å². The molecule has 1 heterocycles. The van der Waals surface area contributed by atoms with E-state index in [0.29, 0.717) is 17.4 Å². The second-order valence-corrected chi connectivity index (χ2v) is 5.32. The Morgan fingerprint density at radius 2 is 2.00 bits per heavy atom. The summed E-state index contributed by atoms with van der Waals surface area (Å²) in [6.45, 7) is 1.42. The van der Waals surface area contributed by atoms with E-state index in [1.165, 1.54) is 26.2 Å². The highest BCUT2D eigenvalue weighted by Gasteiger charge is 2.23. The summed E-state index contributed by atoms with van der Waals surface area (Å²) in [5.41, 5.74) is 0.567. The lowest BCUT2D eigenvalue weighted by atomic mass is 9.94. The average Bonchev–Trinajstić information content (AvgIpc) is 2.46. The van der Waals surface area contributed by atoms with Gasteiger partial charge in [-0.05, 0) is 25.0 Å². The first kappa shape index (κ1) is 14.5. The lowest BCUT2D eigenvalue weighted by molar-refractivity contribution is -0.114. The van der Waals surface area contributed by atoms with Gasteiger partial charge in [-0.25, -0.2) is 4.98 Å². The number of carbonyl (C=O) groups excluding carboxylic acids is 2. The summed E-state index contributed by atoms with van der Waals surface area (Å²) in [4.78, 5) is 29.4. The number of amides is 2. The zero-order valence-electron chi connectivity index (χ0n) is 12.1. The Morgan fingerprint density at radius 1 is 1.30 bits per heavy atom. The molecule has 0 unspecified atom stereocenters. The van der Waals surface area contributed by atoms with Gasteiger partial charge < -0.3 is 10.2 Å². The minimum Gasteiger partial charge on any atom is -0.339 e. The fourth-order valence-corrected chi connectivity index (χ4v) is 2.65. The number of anilines is 1. The molecule has 2 amide bonds. The highest BCUT2D eigenvalue weighted by Crippen LogP contribution is 2.23. The Kier molecular flexibility index (Phi) is 4.71. The second kappa shape index (κ2) is 6.50. The van der Waals surface area contributed by atoms with E-state index in [2.05, 4.69) is 10.3 Å². The van der Waals surface area contributed by atoms with Crippen molar-refractivity contribution in [1.82, 2.24) is 9.88 Å². The number of hydrogen-bond donors (Lipinski definition) is 1. The maximum absolute atomic E-state index is 12.5. The molecule has 0 atom stereocenters. The molecule has 1 aromatic rings. The van der Waals surface area contributed by atoms with Crippen LogP contribution >= 0.6 is 0 Å². The molecule has 5 nitrogen and oxygen atoms in total. The summed E-state index contributed by atoms with van der Waals surface area (Å²) in [5.74, 6) is 0.217. The van der Waals surface area contributed by atoms with E-state index < -0.39 is 0 Å². The van der Waals surface area contributed by atoms with Crippen LogP contribution in [-0.2, 0) is 4.79 Å². The van der Waals surface area contributed by atoms with Crippen LogP contribution in [0.2, 0.25) is 0 Å². The summed E-state index contributed by atoms with van der Waals surface area (Å²) in [6, 6.07) is 3.64. The van der Waals surface area contributed by atoms with E-state index in [9.17, 15) is 9.59 Å². The van der Waals surface area contributed by atoms with Crippen LogP contribution in [0.25, 0.3) is 0 Å². The van der Waals surface area contributed by atoms with Gasteiger partial charge in [-0.1, -0.05) is 19.3 Å². The van der Waals surface area contributed by atoms with Crippen LogP contribution in [0.5, 0.6) is 0 Å². The molecule has 0 radical (unpaired) electrons. The molecule has 1 aromatic heterocycles. The second-order valence-electron chi connectivity index (χ2n) is 5.32. The van der Waals surface area contributed by atoms with Crippen molar-refractivity contribution < 1.29 is 9.59 Å². The summed E-state index contributed by atoms with van der Waals surface area (Å²) in [7, 11) is 1.86. The maximum atomic E-state index is 12.5. The largest absolute Gasteiger partial charge is 0.339 e. The van der Waals surface area contributed by atoms with Crippen LogP contribution in [0.3, 0.4) is 0 Å². The van der Waals surface area contributed by atoms with Gasteiger partial charge in [0.1, 0.15) is 5.82 Å². The van der Waals surface area contributed by atoms with Gasteiger partial charge in [0, 0.05) is 31.8 Å². The van der Waals surface area contributed by atoms with Crippen molar-refractivity contribution in [2.24, 2.45) is 0 Å². The predicted molar refractivity (Wildman–Crippen MR) is 77.5 cm³/mol. The average molecular weight is 275 g/mol. The van der Waals surface area contributed by atoms with Crippen LogP contribution in [0.15, 0.2) is 18.3 Å². The molecular weight excluding hydrogens is 254 g/mol. The van der Waals surface area contributed by atoms with E-state index >= 15 is 0 Å². The van der Waals surface area contributed by atoms with Crippen LogP contribution in [-0.4, -0.2) is 34.8 Å². The maximum Gasteiger partial charge on any atom is 0.254 e. The van der Waals surface area contributed by atoms with E-state index in [1.54, 1.807) is 18.3 Å². The van der Waals surface area contributed by atoms with Gasteiger partial charge >= 0.3 is 0 Å². The number of nitrogens with one attached hydrogen (secondary N) is 1. The first-order valence-corrected chi connectivity index (χ1v) is 7.08. The van der Waals surface area contributed by atoms with Gasteiger partial charge in [-0.15, -0.1) is 0 Å². The highest BCUT2D eigenvalue weighted by molar-refractivity contribution is 5.96. The van der Waals surface area contributed by atoms with Crippen molar-refractivity contribution in [2.75, 3.05) is 12.4 Å². The Balaban J connectivity index is 2.09. The molecule has 2 rings (SSSR count). The van der Waals surface area contributed by atoms with Crippen LogP contribution in [0.4, 0.5) is 5.82 Å². The quantitative estimate of drug-likeness (QED) is 0.921. The van der Waals surface area contributed by atoms with E-state index in [-0.39, 0.29) is 11.8 Å². The number of carbonyl (C=O) groups is 2. The number of nitrogens with zero attached hydrogens (tertiary/aromatic N) is 2. The normalized spacial score (nSPS) is 15.7. The first-order chi connectivity index (χ1) is 9.58. The van der Waals surface area contributed by atoms with Crippen molar-refractivity contribution in [1.29, 1.82) is 0 Å². The number of rotatable bonds is 3. The Morgan fingerprint density at radius 3 is 2.65 bits per heavy atom. The molecular formula is C15H21N3O2. The predicted octanol–water partition coefficient (Wildman–Crippen LogP) is 2.44. The molecule has 0 saturated heterocycles. The van der Waals surface area contributed by atoms with Gasteiger partial charge in [0.2, 0.25) is 5.91 Å². The lowest BCUT2D eigenvalue weighted by Gasteiger charge is -2.31. The number of hydrogen-bond acceptors (Lipinski definition) is 3. The SMILES string of the molecule is CC(=O)Nc1cc(C(=O)N(C)C2CCCCC2)ccn1. The van der Waals surface area contributed by atoms with Crippen molar-refractivity contribution in [3.63, 3.8) is 0 Å². The highest BCUT2D eigenvalue weighted by atomic mass is 16.2. The zero-order valence-corrected chi connectivity index (χ0v) is 12.1. The summed E-state index contributed by atoms with van der Waals surface area (Å²) in [6.07, 6.45) is 7.34. The summed E-state index contributed by atoms with van der Waals surface area (Å²) < 4.78 is 0. The van der Waals surface area contributed by atoms with Crippen LogP contribution < -0.4 is 5.32 Å². The van der Waals surface area contributed by atoms with Crippen LogP contribution in [0.1, 0.15) is 49.4 Å². The standard InChI is InChI=1S/C15H21N3O2/c1-11(19)17-14-10-12(8-9-16-14)15(20)18(2)13-6-4-3-5-7-13/h8-10,13H,3-7H2,1-2H3,(H,16,17,19). The van der Waals surface area contributed by atoms with Crippen LogP contribution in [0, 0.1) is 0 Å². The zero-order chi connectivity index (χ0) is 14.5. The van der Waals surface area contributed by atoms with Crippen molar-refractivity contribution in [3.8, 4) is 0 Å². The molecule has 1 saturated carbocycles. The third kappa shape index (κ3) is 3.56. The molecule has 1 aliphatic carbocycles. The molecule has 0 bridgehead atoms. The van der Waals surface area contributed by atoms with Crippen molar-refractivity contribution in [2.45, 2.75) is 45.1 Å². The smallest absolute Gasteiger partial charge is 0.254 e. The van der Waals surface area contributed by atoms with E-state index in [1.807, 2.05) is 11.9 Å². The third-order valence-electron chi connectivity index (χ3n) is 3.75. The Labute approximate surface area is 119 Å². The molecule has 20 heavy (non-hydrogen) atoms.